The zero-order valence-electron chi connectivity index (χ0n) is 9.81. The first-order valence-electron chi connectivity index (χ1n) is 5.46. The maximum Gasteiger partial charge on any atom is 0.223 e. The smallest absolute Gasteiger partial charge is 0.223 e. The lowest BCUT2D eigenvalue weighted by Crippen LogP contribution is -2.09. The van der Waals surface area contributed by atoms with Crippen LogP contribution in [0, 0.1) is 12.7 Å². The average Bonchev–Trinajstić information content (AvgIpc) is 2.33. The highest BCUT2D eigenvalue weighted by molar-refractivity contribution is 5.31. The molecule has 1 aromatic heterocycles. The minimum absolute atomic E-state index is 0.0401. The Kier molecular flexibility index (Phi) is 3.32. The second-order valence-electron chi connectivity index (χ2n) is 4.00. The summed E-state index contributed by atoms with van der Waals surface area (Å²) < 4.78 is 12.8. The molecule has 2 aromatic rings. The van der Waals surface area contributed by atoms with E-state index < -0.39 is 0 Å². The normalized spacial score (nSPS) is 12.2. The monoisotopic (exact) mass is 231 g/mol. The van der Waals surface area contributed by atoms with Crippen LogP contribution in [0.25, 0.3) is 0 Å². The molecule has 4 heteroatoms. The Bertz CT molecular complexity index is 479. The van der Waals surface area contributed by atoms with Crippen LogP contribution in [-0.4, -0.2) is 9.97 Å². The number of nitrogens with one attached hydrogen (secondary N) is 1. The third-order valence-electron chi connectivity index (χ3n) is 2.50. The van der Waals surface area contributed by atoms with Gasteiger partial charge in [-0.1, -0.05) is 12.1 Å². The number of hydrogen-bond acceptors (Lipinski definition) is 3. The lowest BCUT2D eigenvalue weighted by atomic mass is 10.1. The van der Waals surface area contributed by atoms with Crippen molar-refractivity contribution in [3.05, 3.63) is 53.6 Å². The molecule has 0 fully saturated rings. The predicted octanol–water partition coefficient (Wildman–Crippen LogP) is 3.10. The van der Waals surface area contributed by atoms with E-state index in [1.165, 1.54) is 12.1 Å². The number of aromatic nitrogens is 2. The fraction of sp³-hybridized carbons (Fsp3) is 0.231. The Hall–Kier alpha value is -1.97. The van der Waals surface area contributed by atoms with Crippen molar-refractivity contribution >= 4 is 5.95 Å². The number of hydrogen-bond donors (Lipinski definition) is 1. The summed E-state index contributed by atoms with van der Waals surface area (Å²) in [6.45, 7) is 3.92. The van der Waals surface area contributed by atoms with Gasteiger partial charge >= 0.3 is 0 Å². The van der Waals surface area contributed by atoms with Crippen molar-refractivity contribution in [2.45, 2.75) is 19.9 Å². The van der Waals surface area contributed by atoms with E-state index in [0.717, 1.165) is 11.1 Å². The van der Waals surface area contributed by atoms with Crippen molar-refractivity contribution in [2.75, 3.05) is 5.32 Å². The third kappa shape index (κ3) is 3.00. The summed E-state index contributed by atoms with van der Waals surface area (Å²) in [6.07, 6.45) is 3.51. The van der Waals surface area contributed by atoms with Crippen molar-refractivity contribution in [3.8, 4) is 0 Å². The van der Waals surface area contributed by atoms with Gasteiger partial charge < -0.3 is 5.32 Å². The van der Waals surface area contributed by atoms with Crippen molar-refractivity contribution < 1.29 is 4.39 Å². The summed E-state index contributed by atoms with van der Waals surface area (Å²) in [5.74, 6) is 0.347. The molecular weight excluding hydrogens is 217 g/mol. The molecule has 88 valence electrons. The molecule has 0 aliphatic rings. The topological polar surface area (TPSA) is 37.8 Å². The van der Waals surface area contributed by atoms with Gasteiger partial charge in [-0.05, 0) is 37.1 Å². The molecule has 0 radical (unpaired) electrons. The van der Waals surface area contributed by atoms with Crippen molar-refractivity contribution in [3.63, 3.8) is 0 Å². The van der Waals surface area contributed by atoms with Crippen molar-refractivity contribution in [2.24, 2.45) is 0 Å². The number of aryl methyl sites for hydroxylation is 1. The van der Waals surface area contributed by atoms with Crippen molar-refractivity contribution in [1.29, 1.82) is 0 Å². The van der Waals surface area contributed by atoms with E-state index in [-0.39, 0.29) is 11.9 Å². The summed E-state index contributed by atoms with van der Waals surface area (Å²) >= 11 is 0. The molecule has 17 heavy (non-hydrogen) atoms. The summed E-state index contributed by atoms with van der Waals surface area (Å²) in [5.41, 5.74) is 2.01. The minimum atomic E-state index is -0.229. The van der Waals surface area contributed by atoms with Crippen LogP contribution in [0.15, 0.2) is 36.7 Å². The van der Waals surface area contributed by atoms with Gasteiger partial charge in [0.15, 0.2) is 0 Å². The van der Waals surface area contributed by atoms with E-state index >= 15 is 0 Å². The van der Waals surface area contributed by atoms with Gasteiger partial charge in [0.2, 0.25) is 5.95 Å². The number of nitrogens with zero attached hydrogens (tertiary/aromatic N) is 2. The van der Waals surface area contributed by atoms with Crippen LogP contribution >= 0.6 is 0 Å². The molecule has 3 nitrogen and oxygen atoms in total. The van der Waals surface area contributed by atoms with Gasteiger partial charge in [0.1, 0.15) is 5.82 Å². The summed E-state index contributed by atoms with van der Waals surface area (Å²) in [4.78, 5) is 8.33. The molecule has 0 aliphatic heterocycles. The van der Waals surface area contributed by atoms with Gasteiger partial charge in [0.25, 0.3) is 0 Å². The highest BCUT2D eigenvalue weighted by atomic mass is 19.1. The van der Waals surface area contributed by atoms with Gasteiger partial charge in [0.05, 0.1) is 6.04 Å². The van der Waals surface area contributed by atoms with Crippen LogP contribution in [0.4, 0.5) is 10.3 Å². The van der Waals surface area contributed by atoms with Gasteiger partial charge in [-0.25, -0.2) is 14.4 Å². The van der Waals surface area contributed by atoms with Crippen LogP contribution in [-0.2, 0) is 0 Å². The molecule has 0 amide bonds. The molecule has 0 aliphatic carbocycles. The van der Waals surface area contributed by atoms with Crippen LogP contribution in [0.2, 0.25) is 0 Å². The molecule has 1 atom stereocenters. The Labute approximate surface area is 99.7 Å². The molecule has 1 unspecified atom stereocenters. The molecule has 2 rings (SSSR count). The van der Waals surface area contributed by atoms with E-state index in [9.17, 15) is 4.39 Å². The summed E-state index contributed by atoms with van der Waals surface area (Å²) in [5, 5.41) is 3.16. The fourth-order valence-electron chi connectivity index (χ4n) is 1.50. The Morgan fingerprint density at radius 1 is 1.12 bits per heavy atom. The summed E-state index contributed by atoms with van der Waals surface area (Å²) in [6, 6.07) is 6.44. The van der Waals surface area contributed by atoms with E-state index in [1.807, 2.05) is 13.8 Å². The predicted molar refractivity (Wildman–Crippen MR) is 65.2 cm³/mol. The van der Waals surface area contributed by atoms with Crippen LogP contribution in [0.5, 0.6) is 0 Å². The first-order chi connectivity index (χ1) is 8.15. The Balaban J connectivity index is 2.08. The van der Waals surface area contributed by atoms with E-state index in [1.54, 1.807) is 24.5 Å². The van der Waals surface area contributed by atoms with Crippen LogP contribution < -0.4 is 5.32 Å². The SMILES string of the molecule is Cc1cnc(NC(C)c2ccc(F)cc2)nc1. The number of halogens is 1. The lowest BCUT2D eigenvalue weighted by Gasteiger charge is -2.13. The zero-order chi connectivity index (χ0) is 12.3. The largest absolute Gasteiger partial charge is 0.348 e. The second kappa shape index (κ2) is 4.91. The first kappa shape index (κ1) is 11.5. The molecule has 0 bridgehead atoms. The van der Waals surface area contributed by atoms with Crippen LogP contribution in [0.1, 0.15) is 24.1 Å². The maximum absolute atomic E-state index is 12.8. The molecule has 1 heterocycles. The average molecular weight is 231 g/mol. The van der Waals surface area contributed by atoms with E-state index in [4.69, 9.17) is 0 Å². The molecule has 0 spiro atoms. The van der Waals surface area contributed by atoms with E-state index in [2.05, 4.69) is 15.3 Å². The standard InChI is InChI=1S/C13H14FN3/c1-9-7-15-13(16-8-9)17-10(2)11-3-5-12(14)6-4-11/h3-8,10H,1-2H3,(H,15,16,17). The lowest BCUT2D eigenvalue weighted by molar-refractivity contribution is 0.626. The van der Waals surface area contributed by atoms with Gasteiger partial charge in [-0.3, -0.25) is 0 Å². The maximum atomic E-state index is 12.8. The molecule has 1 aromatic carbocycles. The van der Waals surface area contributed by atoms with Crippen molar-refractivity contribution in [1.82, 2.24) is 9.97 Å². The number of anilines is 1. The Morgan fingerprint density at radius 3 is 2.29 bits per heavy atom. The molecular formula is C13H14FN3. The number of benzene rings is 1. The quantitative estimate of drug-likeness (QED) is 0.882. The first-order valence-corrected chi connectivity index (χ1v) is 5.46. The van der Waals surface area contributed by atoms with E-state index in [0.29, 0.717) is 5.95 Å². The van der Waals surface area contributed by atoms with Gasteiger partial charge in [0, 0.05) is 12.4 Å². The number of rotatable bonds is 3. The highest BCUT2D eigenvalue weighted by Crippen LogP contribution is 2.16. The molecule has 1 N–H and O–H groups in total. The highest BCUT2D eigenvalue weighted by Gasteiger charge is 2.06. The molecule has 0 saturated heterocycles. The minimum Gasteiger partial charge on any atom is -0.348 e. The zero-order valence-corrected chi connectivity index (χ0v) is 9.81. The van der Waals surface area contributed by atoms with Crippen LogP contribution in [0.3, 0.4) is 0 Å². The van der Waals surface area contributed by atoms with Gasteiger partial charge in [-0.2, -0.15) is 0 Å². The molecule has 0 saturated carbocycles. The Morgan fingerprint density at radius 2 is 1.71 bits per heavy atom. The third-order valence-corrected chi connectivity index (χ3v) is 2.50. The second-order valence-corrected chi connectivity index (χ2v) is 4.00. The van der Waals surface area contributed by atoms with Gasteiger partial charge in [-0.15, -0.1) is 0 Å². The fourth-order valence-corrected chi connectivity index (χ4v) is 1.50. The summed E-state index contributed by atoms with van der Waals surface area (Å²) in [7, 11) is 0.